The largest absolute Gasteiger partial charge is 0.329 e. The summed E-state index contributed by atoms with van der Waals surface area (Å²) >= 11 is 3.63. The molecule has 1 atom stereocenters. The molecule has 0 radical (unpaired) electrons. The van der Waals surface area contributed by atoms with Crippen molar-refractivity contribution in [2.75, 3.05) is 13.1 Å². The molecular formula is C18H21BrN2. The standard InChI is InChI=1S/C18H21BrN2/c1-13-6-7-15(10-17(13)19)18(11-20)21-9-8-14-4-2-3-5-16(14)12-21/h2-7,10,18H,8-9,11-12,20H2,1H3. The van der Waals surface area contributed by atoms with Crippen LogP contribution in [0.1, 0.15) is 28.3 Å². The number of benzene rings is 2. The fourth-order valence-electron chi connectivity index (χ4n) is 3.10. The Balaban J connectivity index is 1.86. The molecule has 1 unspecified atom stereocenters. The van der Waals surface area contributed by atoms with E-state index in [2.05, 4.69) is 70.2 Å². The number of rotatable bonds is 3. The molecule has 2 nitrogen and oxygen atoms in total. The lowest BCUT2D eigenvalue weighted by atomic mass is 9.96. The van der Waals surface area contributed by atoms with Crippen LogP contribution in [0.3, 0.4) is 0 Å². The number of hydrogen-bond donors (Lipinski definition) is 1. The molecule has 0 spiro atoms. The van der Waals surface area contributed by atoms with Gasteiger partial charge in [-0.25, -0.2) is 0 Å². The number of halogens is 1. The van der Waals surface area contributed by atoms with Gasteiger partial charge in [0.2, 0.25) is 0 Å². The van der Waals surface area contributed by atoms with Crippen molar-refractivity contribution in [1.29, 1.82) is 0 Å². The van der Waals surface area contributed by atoms with Crippen LogP contribution in [0.2, 0.25) is 0 Å². The molecule has 0 saturated carbocycles. The molecule has 1 aliphatic heterocycles. The summed E-state index contributed by atoms with van der Waals surface area (Å²) in [6.07, 6.45) is 1.11. The molecule has 0 saturated heterocycles. The van der Waals surface area contributed by atoms with Gasteiger partial charge in [-0.05, 0) is 41.7 Å². The summed E-state index contributed by atoms with van der Waals surface area (Å²) in [4.78, 5) is 2.50. The molecule has 2 N–H and O–H groups in total. The highest BCUT2D eigenvalue weighted by molar-refractivity contribution is 9.10. The van der Waals surface area contributed by atoms with Crippen LogP contribution in [0.5, 0.6) is 0 Å². The average molecular weight is 345 g/mol. The molecule has 2 aromatic rings. The smallest absolute Gasteiger partial charge is 0.0474 e. The van der Waals surface area contributed by atoms with Crippen molar-refractivity contribution in [2.45, 2.75) is 25.9 Å². The average Bonchev–Trinajstić information content (AvgIpc) is 2.51. The van der Waals surface area contributed by atoms with Crippen molar-refractivity contribution in [3.63, 3.8) is 0 Å². The highest BCUT2D eigenvalue weighted by Crippen LogP contribution is 2.29. The first kappa shape index (κ1) is 14.8. The van der Waals surface area contributed by atoms with Crippen LogP contribution < -0.4 is 5.73 Å². The van der Waals surface area contributed by atoms with Crippen molar-refractivity contribution in [3.8, 4) is 0 Å². The molecular weight excluding hydrogens is 324 g/mol. The Morgan fingerprint density at radius 1 is 1.19 bits per heavy atom. The van der Waals surface area contributed by atoms with E-state index >= 15 is 0 Å². The predicted octanol–water partition coefficient (Wildman–Crippen LogP) is 3.82. The zero-order valence-corrected chi connectivity index (χ0v) is 13.9. The summed E-state index contributed by atoms with van der Waals surface area (Å²) in [5.74, 6) is 0. The monoisotopic (exact) mass is 344 g/mol. The molecule has 1 heterocycles. The lowest BCUT2D eigenvalue weighted by molar-refractivity contribution is 0.183. The van der Waals surface area contributed by atoms with Crippen molar-refractivity contribution >= 4 is 15.9 Å². The molecule has 3 rings (SSSR count). The summed E-state index contributed by atoms with van der Waals surface area (Å²) < 4.78 is 1.16. The van der Waals surface area contributed by atoms with Gasteiger partial charge in [-0.1, -0.05) is 52.3 Å². The van der Waals surface area contributed by atoms with Gasteiger partial charge >= 0.3 is 0 Å². The summed E-state index contributed by atoms with van der Waals surface area (Å²) in [6.45, 7) is 4.83. The first-order valence-electron chi connectivity index (χ1n) is 7.46. The lowest BCUT2D eigenvalue weighted by Gasteiger charge is -2.35. The Bertz CT molecular complexity index is 639. The van der Waals surface area contributed by atoms with Crippen molar-refractivity contribution in [3.05, 3.63) is 69.2 Å². The summed E-state index contributed by atoms with van der Waals surface area (Å²) in [5.41, 5.74) is 11.6. The third-order valence-corrected chi connectivity index (χ3v) is 5.26. The minimum atomic E-state index is 0.287. The first-order valence-corrected chi connectivity index (χ1v) is 8.25. The summed E-state index contributed by atoms with van der Waals surface area (Å²) in [6, 6.07) is 15.6. The number of hydrogen-bond acceptors (Lipinski definition) is 2. The Morgan fingerprint density at radius 3 is 2.67 bits per heavy atom. The van der Waals surface area contributed by atoms with E-state index in [1.807, 2.05) is 0 Å². The van der Waals surface area contributed by atoms with Crippen LogP contribution in [-0.4, -0.2) is 18.0 Å². The molecule has 0 aromatic heterocycles. The highest BCUT2D eigenvalue weighted by Gasteiger charge is 2.23. The summed E-state index contributed by atoms with van der Waals surface area (Å²) in [5, 5.41) is 0. The van der Waals surface area contributed by atoms with Crippen molar-refractivity contribution in [1.82, 2.24) is 4.90 Å². The normalized spacial score (nSPS) is 16.5. The third-order valence-electron chi connectivity index (χ3n) is 4.40. The Kier molecular flexibility index (Phi) is 4.43. The van der Waals surface area contributed by atoms with Crippen LogP contribution in [0, 0.1) is 6.92 Å². The maximum atomic E-state index is 6.09. The molecule has 21 heavy (non-hydrogen) atoms. The van der Waals surface area contributed by atoms with E-state index in [1.54, 1.807) is 0 Å². The SMILES string of the molecule is Cc1ccc(C(CN)N2CCc3ccccc3C2)cc1Br. The molecule has 0 aliphatic carbocycles. The fourth-order valence-corrected chi connectivity index (χ4v) is 3.49. The maximum absolute atomic E-state index is 6.09. The topological polar surface area (TPSA) is 29.3 Å². The number of nitrogens with zero attached hydrogens (tertiary/aromatic N) is 1. The number of aryl methyl sites for hydroxylation is 1. The van der Waals surface area contributed by atoms with E-state index in [4.69, 9.17) is 5.73 Å². The summed E-state index contributed by atoms with van der Waals surface area (Å²) in [7, 11) is 0. The Morgan fingerprint density at radius 2 is 1.95 bits per heavy atom. The van der Waals surface area contributed by atoms with Gasteiger partial charge in [0, 0.05) is 30.1 Å². The zero-order chi connectivity index (χ0) is 14.8. The molecule has 2 aromatic carbocycles. The van der Waals surface area contributed by atoms with Gasteiger partial charge in [0.05, 0.1) is 0 Å². The molecule has 0 amide bonds. The van der Waals surface area contributed by atoms with E-state index in [-0.39, 0.29) is 6.04 Å². The molecule has 1 aliphatic rings. The second kappa shape index (κ2) is 6.30. The first-order chi connectivity index (χ1) is 10.2. The van der Waals surface area contributed by atoms with Gasteiger partial charge in [-0.2, -0.15) is 0 Å². The van der Waals surface area contributed by atoms with Crippen LogP contribution in [0.4, 0.5) is 0 Å². The van der Waals surface area contributed by atoms with Gasteiger partial charge in [-0.15, -0.1) is 0 Å². The lowest BCUT2D eigenvalue weighted by Crippen LogP contribution is -2.37. The second-order valence-corrected chi connectivity index (χ2v) is 6.60. The van der Waals surface area contributed by atoms with Crippen LogP contribution in [-0.2, 0) is 13.0 Å². The number of nitrogens with two attached hydrogens (primary N) is 1. The maximum Gasteiger partial charge on any atom is 0.0474 e. The fraction of sp³-hybridized carbons (Fsp3) is 0.333. The van der Waals surface area contributed by atoms with E-state index in [1.165, 1.54) is 22.3 Å². The molecule has 0 fully saturated rings. The van der Waals surface area contributed by atoms with Gasteiger partial charge in [0.25, 0.3) is 0 Å². The van der Waals surface area contributed by atoms with Gasteiger partial charge in [-0.3, -0.25) is 4.90 Å². The zero-order valence-electron chi connectivity index (χ0n) is 12.3. The van der Waals surface area contributed by atoms with E-state index in [9.17, 15) is 0 Å². The van der Waals surface area contributed by atoms with Crippen LogP contribution in [0.25, 0.3) is 0 Å². The van der Waals surface area contributed by atoms with E-state index < -0.39 is 0 Å². The van der Waals surface area contributed by atoms with Gasteiger partial charge in [0.1, 0.15) is 0 Å². The predicted molar refractivity (Wildman–Crippen MR) is 91.2 cm³/mol. The Hall–Kier alpha value is -1.16. The third kappa shape index (κ3) is 3.05. The van der Waals surface area contributed by atoms with Crippen LogP contribution >= 0.6 is 15.9 Å². The second-order valence-electron chi connectivity index (χ2n) is 5.75. The molecule has 0 bridgehead atoms. The van der Waals surface area contributed by atoms with E-state index in [0.29, 0.717) is 6.54 Å². The van der Waals surface area contributed by atoms with Crippen LogP contribution in [0.15, 0.2) is 46.9 Å². The minimum absolute atomic E-state index is 0.287. The van der Waals surface area contributed by atoms with Crippen molar-refractivity contribution in [2.24, 2.45) is 5.73 Å². The minimum Gasteiger partial charge on any atom is -0.329 e. The quantitative estimate of drug-likeness (QED) is 0.917. The Labute approximate surface area is 135 Å². The van der Waals surface area contributed by atoms with Crippen molar-refractivity contribution < 1.29 is 0 Å². The molecule has 3 heteroatoms. The van der Waals surface area contributed by atoms with Gasteiger partial charge in [0.15, 0.2) is 0 Å². The van der Waals surface area contributed by atoms with Gasteiger partial charge < -0.3 is 5.73 Å². The molecule has 110 valence electrons. The van der Waals surface area contributed by atoms with E-state index in [0.717, 1.165) is 24.0 Å². The number of fused-ring (bicyclic) bond motifs is 1. The highest BCUT2D eigenvalue weighted by atomic mass is 79.9.